The number of non-ortho nitro benzene ring substituents is 1. The summed E-state index contributed by atoms with van der Waals surface area (Å²) in [6.45, 7) is 0. The molecule has 0 amide bonds. The first-order chi connectivity index (χ1) is 8.02. The first-order valence-electron chi connectivity index (χ1n) is 4.62. The van der Waals surface area contributed by atoms with Gasteiger partial charge in [0.05, 0.1) is 21.3 Å². The van der Waals surface area contributed by atoms with Gasteiger partial charge in [-0.3, -0.25) is 20.2 Å². The number of benzene rings is 2. The van der Waals surface area contributed by atoms with Gasteiger partial charge in [-0.1, -0.05) is 18.2 Å². The minimum absolute atomic E-state index is 0.0591. The molecule has 7 nitrogen and oxygen atoms in total. The van der Waals surface area contributed by atoms with E-state index in [2.05, 4.69) is 0 Å². The number of nitro benzene ring substituents is 2. The predicted octanol–water partition coefficient (Wildman–Crippen LogP) is 2.24. The first-order valence-corrected chi connectivity index (χ1v) is 4.62. The average Bonchev–Trinajstić information content (AvgIpc) is 2.29. The van der Waals surface area contributed by atoms with Gasteiger partial charge in [0.25, 0.3) is 11.4 Å². The summed E-state index contributed by atoms with van der Waals surface area (Å²) in [5, 5.41) is 22.2. The van der Waals surface area contributed by atoms with Gasteiger partial charge < -0.3 is 5.73 Å². The Labute approximate surface area is 94.8 Å². The molecule has 7 heteroatoms. The second-order valence-corrected chi connectivity index (χ2v) is 3.39. The molecular weight excluding hydrogens is 226 g/mol. The summed E-state index contributed by atoms with van der Waals surface area (Å²) in [6.07, 6.45) is 0. The molecular formula is C10H7N3O4. The van der Waals surface area contributed by atoms with Gasteiger partial charge in [0.1, 0.15) is 5.69 Å². The van der Waals surface area contributed by atoms with Crippen LogP contribution in [0.4, 0.5) is 17.1 Å². The molecule has 0 aliphatic heterocycles. The Bertz CT molecular complexity index is 639. The highest BCUT2D eigenvalue weighted by molar-refractivity contribution is 6.02. The van der Waals surface area contributed by atoms with Crippen LogP contribution in [0.2, 0.25) is 0 Å². The fourth-order valence-electron chi connectivity index (χ4n) is 1.67. The van der Waals surface area contributed by atoms with E-state index in [0.29, 0.717) is 10.8 Å². The summed E-state index contributed by atoms with van der Waals surface area (Å²) < 4.78 is 0. The Kier molecular flexibility index (Phi) is 2.36. The first kappa shape index (κ1) is 10.8. The maximum absolute atomic E-state index is 10.8. The van der Waals surface area contributed by atoms with Crippen LogP contribution in [0.1, 0.15) is 0 Å². The summed E-state index contributed by atoms with van der Waals surface area (Å²) in [7, 11) is 0. The second kappa shape index (κ2) is 3.71. The second-order valence-electron chi connectivity index (χ2n) is 3.39. The molecule has 0 fully saturated rings. The third-order valence-electron chi connectivity index (χ3n) is 2.44. The van der Waals surface area contributed by atoms with Crippen LogP contribution in [-0.4, -0.2) is 9.85 Å². The maximum atomic E-state index is 10.8. The lowest BCUT2D eigenvalue weighted by Crippen LogP contribution is -1.99. The zero-order valence-corrected chi connectivity index (χ0v) is 8.49. The quantitative estimate of drug-likeness (QED) is 0.485. The topological polar surface area (TPSA) is 112 Å². The maximum Gasteiger partial charge on any atom is 0.299 e. The van der Waals surface area contributed by atoms with E-state index in [1.165, 1.54) is 12.1 Å². The largest absolute Gasteiger partial charge is 0.393 e. The van der Waals surface area contributed by atoms with Crippen molar-refractivity contribution in [2.24, 2.45) is 0 Å². The smallest absolute Gasteiger partial charge is 0.299 e. The van der Waals surface area contributed by atoms with Crippen molar-refractivity contribution >= 4 is 27.8 Å². The number of fused-ring (bicyclic) bond motifs is 1. The predicted molar refractivity (Wildman–Crippen MR) is 61.7 cm³/mol. The zero-order valence-electron chi connectivity index (χ0n) is 8.49. The van der Waals surface area contributed by atoms with Crippen molar-refractivity contribution in [3.63, 3.8) is 0 Å². The van der Waals surface area contributed by atoms with Crippen molar-refractivity contribution in [3.8, 4) is 0 Å². The zero-order chi connectivity index (χ0) is 12.6. The van der Waals surface area contributed by atoms with Crippen molar-refractivity contribution < 1.29 is 9.85 Å². The van der Waals surface area contributed by atoms with Crippen molar-refractivity contribution in [2.45, 2.75) is 0 Å². The van der Waals surface area contributed by atoms with Crippen LogP contribution < -0.4 is 5.73 Å². The molecule has 86 valence electrons. The highest BCUT2D eigenvalue weighted by Crippen LogP contribution is 2.36. The monoisotopic (exact) mass is 233 g/mol. The molecule has 0 unspecified atom stereocenters. The molecule has 2 rings (SSSR count). The van der Waals surface area contributed by atoms with E-state index in [9.17, 15) is 20.2 Å². The van der Waals surface area contributed by atoms with Crippen LogP contribution in [0.15, 0.2) is 30.3 Å². The molecule has 0 aromatic heterocycles. The van der Waals surface area contributed by atoms with Gasteiger partial charge in [-0.2, -0.15) is 0 Å². The van der Waals surface area contributed by atoms with Crippen LogP contribution in [0.25, 0.3) is 10.8 Å². The van der Waals surface area contributed by atoms with Gasteiger partial charge >= 0.3 is 0 Å². The van der Waals surface area contributed by atoms with Gasteiger partial charge in [-0.05, 0) is 6.07 Å². The van der Waals surface area contributed by atoms with Crippen molar-refractivity contribution in [1.82, 2.24) is 0 Å². The molecule has 0 bridgehead atoms. The Hall–Kier alpha value is -2.70. The normalized spacial score (nSPS) is 10.4. The number of nitrogen functional groups attached to an aromatic ring is 1. The van der Waals surface area contributed by atoms with E-state index in [0.717, 1.165) is 6.07 Å². The summed E-state index contributed by atoms with van der Waals surface area (Å²) in [6, 6.07) is 7.14. The van der Waals surface area contributed by atoms with Crippen molar-refractivity contribution in [2.75, 3.05) is 5.73 Å². The minimum Gasteiger partial charge on any atom is -0.393 e. The summed E-state index contributed by atoms with van der Waals surface area (Å²) >= 11 is 0. The minimum atomic E-state index is -0.727. The Morgan fingerprint density at radius 1 is 0.941 bits per heavy atom. The van der Waals surface area contributed by atoms with Gasteiger partial charge in [-0.15, -0.1) is 0 Å². The van der Waals surface area contributed by atoms with E-state index in [4.69, 9.17) is 5.73 Å². The number of hydrogen-bond acceptors (Lipinski definition) is 5. The highest BCUT2D eigenvalue weighted by Gasteiger charge is 2.23. The molecule has 17 heavy (non-hydrogen) atoms. The molecule has 0 atom stereocenters. The number of rotatable bonds is 2. The molecule has 0 spiro atoms. The van der Waals surface area contributed by atoms with Crippen LogP contribution in [0.5, 0.6) is 0 Å². The van der Waals surface area contributed by atoms with Crippen LogP contribution in [0.3, 0.4) is 0 Å². The Balaban J connectivity index is 2.94. The third-order valence-corrected chi connectivity index (χ3v) is 2.44. The lowest BCUT2D eigenvalue weighted by atomic mass is 10.1. The molecule has 0 radical (unpaired) electrons. The van der Waals surface area contributed by atoms with Crippen molar-refractivity contribution in [1.29, 1.82) is 0 Å². The molecule has 0 aliphatic rings. The Morgan fingerprint density at radius 2 is 1.47 bits per heavy atom. The number of nitrogens with zero attached hydrogens (tertiary/aromatic N) is 2. The fraction of sp³-hybridized carbons (Fsp3) is 0. The van der Waals surface area contributed by atoms with Gasteiger partial charge in [0, 0.05) is 5.39 Å². The van der Waals surface area contributed by atoms with Gasteiger partial charge in [0.15, 0.2) is 0 Å². The molecule has 2 N–H and O–H groups in total. The van der Waals surface area contributed by atoms with Gasteiger partial charge in [0.2, 0.25) is 0 Å². The average molecular weight is 233 g/mol. The molecule has 0 saturated heterocycles. The number of anilines is 1. The van der Waals surface area contributed by atoms with E-state index in [1.807, 2.05) is 0 Å². The summed E-state index contributed by atoms with van der Waals surface area (Å²) in [5.41, 5.74) is 4.80. The number of hydrogen-bond donors (Lipinski definition) is 1. The van der Waals surface area contributed by atoms with E-state index in [1.54, 1.807) is 12.1 Å². The summed E-state index contributed by atoms with van der Waals surface area (Å²) in [5.74, 6) is 0. The molecule has 2 aromatic rings. The molecule has 0 saturated carbocycles. The van der Waals surface area contributed by atoms with Crippen LogP contribution in [-0.2, 0) is 0 Å². The molecule has 2 aromatic carbocycles. The van der Waals surface area contributed by atoms with Gasteiger partial charge in [-0.25, -0.2) is 0 Å². The number of nitro groups is 2. The van der Waals surface area contributed by atoms with E-state index >= 15 is 0 Å². The number of nitrogens with two attached hydrogens (primary N) is 1. The van der Waals surface area contributed by atoms with Crippen LogP contribution in [0, 0.1) is 20.2 Å². The standard InChI is InChI=1S/C10H7N3O4/c11-10-7-4-2-1-3-6(7)8(12(14)15)5-9(10)13(16)17/h1-5H,11H2. The van der Waals surface area contributed by atoms with Crippen LogP contribution >= 0.6 is 0 Å². The SMILES string of the molecule is Nc1c([N+](=O)[O-])cc([N+](=O)[O-])c2ccccc12. The molecule has 0 heterocycles. The van der Waals surface area contributed by atoms with E-state index in [-0.39, 0.29) is 11.4 Å². The lowest BCUT2D eigenvalue weighted by Gasteiger charge is -2.03. The van der Waals surface area contributed by atoms with Crippen molar-refractivity contribution in [3.05, 3.63) is 50.6 Å². The Morgan fingerprint density at radius 3 is 2.00 bits per heavy atom. The lowest BCUT2D eigenvalue weighted by molar-refractivity contribution is -0.392. The third kappa shape index (κ3) is 1.63. The van der Waals surface area contributed by atoms with E-state index < -0.39 is 15.5 Å². The molecule has 0 aliphatic carbocycles. The highest BCUT2D eigenvalue weighted by atomic mass is 16.6. The summed E-state index contributed by atoms with van der Waals surface area (Å²) in [4.78, 5) is 20.2. The fourth-order valence-corrected chi connectivity index (χ4v) is 1.67.